The maximum Gasteiger partial charge on any atom is 0.258 e. The van der Waals surface area contributed by atoms with Crippen LogP contribution in [0.4, 0.5) is 5.69 Å². The maximum atomic E-state index is 12.5. The first-order chi connectivity index (χ1) is 11.6. The first kappa shape index (κ1) is 16.3. The summed E-state index contributed by atoms with van der Waals surface area (Å²) in [6.45, 7) is -0.0448. The van der Waals surface area contributed by atoms with E-state index in [0.717, 1.165) is 9.86 Å². The lowest BCUT2D eigenvalue weighted by molar-refractivity contribution is -0.116. The second-order valence-electron chi connectivity index (χ2n) is 5.26. The van der Waals surface area contributed by atoms with Crippen LogP contribution in [0.5, 0.6) is 5.75 Å². The van der Waals surface area contributed by atoms with Gasteiger partial charge in [-0.05, 0) is 53.9 Å². The van der Waals surface area contributed by atoms with Crippen molar-refractivity contribution in [2.24, 2.45) is 0 Å². The highest BCUT2D eigenvalue weighted by molar-refractivity contribution is 9.10. The number of hydrogen-bond donors (Lipinski definition) is 1. The monoisotopic (exact) mass is 386 g/mol. The van der Waals surface area contributed by atoms with Crippen LogP contribution in [0.3, 0.4) is 0 Å². The van der Waals surface area contributed by atoms with Crippen molar-refractivity contribution < 1.29 is 9.53 Å². The van der Waals surface area contributed by atoms with Crippen LogP contribution in [-0.2, 0) is 11.3 Å². The highest BCUT2D eigenvalue weighted by atomic mass is 79.9. The number of nitrogens with one attached hydrogen (secondary N) is 1. The summed E-state index contributed by atoms with van der Waals surface area (Å²) >= 11 is 3.34. The van der Waals surface area contributed by atoms with Gasteiger partial charge in [-0.2, -0.15) is 0 Å². The Morgan fingerprint density at radius 3 is 2.62 bits per heavy atom. The molecule has 0 spiro atoms. The third kappa shape index (κ3) is 3.49. The molecule has 1 heterocycles. The number of pyridine rings is 1. The highest BCUT2D eigenvalue weighted by Crippen LogP contribution is 2.18. The van der Waals surface area contributed by atoms with Gasteiger partial charge in [0.05, 0.1) is 7.11 Å². The molecular formula is C18H15BrN2O3. The number of benzene rings is 2. The molecule has 3 rings (SSSR count). The molecule has 3 aromatic rings. The largest absolute Gasteiger partial charge is 0.497 e. The summed E-state index contributed by atoms with van der Waals surface area (Å²) in [5.74, 6) is 0.430. The fourth-order valence-corrected chi connectivity index (χ4v) is 2.67. The Morgan fingerprint density at radius 1 is 1.17 bits per heavy atom. The first-order valence-electron chi connectivity index (χ1n) is 7.29. The van der Waals surface area contributed by atoms with Crippen LogP contribution >= 0.6 is 15.9 Å². The van der Waals surface area contributed by atoms with Crippen molar-refractivity contribution >= 4 is 38.3 Å². The fraction of sp³-hybridized carbons (Fsp3) is 0.111. The van der Waals surface area contributed by atoms with E-state index < -0.39 is 0 Å². The van der Waals surface area contributed by atoms with Crippen LogP contribution in [-0.4, -0.2) is 17.6 Å². The van der Waals surface area contributed by atoms with Crippen molar-refractivity contribution in [1.82, 2.24) is 4.57 Å². The molecule has 1 N–H and O–H groups in total. The van der Waals surface area contributed by atoms with Crippen LogP contribution in [0.1, 0.15) is 0 Å². The van der Waals surface area contributed by atoms with Gasteiger partial charge >= 0.3 is 0 Å². The van der Waals surface area contributed by atoms with Crippen molar-refractivity contribution in [3.8, 4) is 5.75 Å². The number of aromatic nitrogens is 1. The van der Waals surface area contributed by atoms with E-state index in [1.165, 1.54) is 4.57 Å². The Kier molecular flexibility index (Phi) is 4.66. The number of ether oxygens (including phenoxy) is 1. The minimum atomic E-state index is -0.257. The third-order valence-corrected chi connectivity index (χ3v) is 4.15. The third-order valence-electron chi connectivity index (χ3n) is 3.63. The lowest BCUT2D eigenvalue weighted by Crippen LogP contribution is -2.27. The van der Waals surface area contributed by atoms with Gasteiger partial charge in [0.15, 0.2) is 0 Å². The van der Waals surface area contributed by atoms with Gasteiger partial charge in [0.1, 0.15) is 12.3 Å². The van der Waals surface area contributed by atoms with E-state index in [4.69, 9.17) is 4.74 Å². The summed E-state index contributed by atoms with van der Waals surface area (Å²) in [4.78, 5) is 24.6. The molecule has 0 saturated heterocycles. The Balaban J connectivity index is 1.82. The number of anilines is 1. The zero-order chi connectivity index (χ0) is 17.1. The number of rotatable bonds is 4. The number of amides is 1. The summed E-state index contributed by atoms with van der Waals surface area (Å²) in [6.07, 6.45) is 1.62. The second kappa shape index (κ2) is 6.88. The molecule has 0 unspecified atom stereocenters. The number of nitrogens with zero attached hydrogens (tertiary/aromatic N) is 1. The second-order valence-corrected chi connectivity index (χ2v) is 6.17. The van der Waals surface area contributed by atoms with Crippen molar-refractivity contribution in [2.75, 3.05) is 12.4 Å². The molecule has 0 aliphatic heterocycles. The average molecular weight is 387 g/mol. The quantitative estimate of drug-likeness (QED) is 0.747. The van der Waals surface area contributed by atoms with Crippen LogP contribution < -0.4 is 15.6 Å². The molecular weight excluding hydrogens is 372 g/mol. The standard InChI is InChI=1S/C18H15BrN2O3/c1-24-15-6-7-16-12(10-15)8-9-21(18(16)23)11-17(22)20-14-4-2-13(19)3-5-14/h2-10H,11H2,1H3,(H,20,22). The molecule has 0 bridgehead atoms. The molecule has 24 heavy (non-hydrogen) atoms. The van der Waals surface area contributed by atoms with Crippen molar-refractivity contribution in [2.45, 2.75) is 6.54 Å². The fourth-order valence-electron chi connectivity index (χ4n) is 2.41. The lowest BCUT2D eigenvalue weighted by Gasteiger charge is -2.09. The highest BCUT2D eigenvalue weighted by Gasteiger charge is 2.08. The van der Waals surface area contributed by atoms with Gasteiger partial charge in [-0.3, -0.25) is 9.59 Å². The smallest absolute Gasteiger partial charge is 0.258 e. The van der Waals surface area contributed by atoms with Gasteiger partial charge in [0, 0.05) is 21.7 Å². The predicted octanol–water partition coefficient (Wildman–Crippen LogP) is 3.41. The van der Waals surface area contributed by atoms with Crippen molar-refractivity contribution in [1.29, 1.82) is 0 Å². The molecule has 1 amide bonds. The summed E-state index contributed by atoms with van der Waals surface area (Å²) in [5, 5.41) is 4.10. The first-order valence-corrected chi connectivity index (χ1v) is 8.09. The number of carbonyl (C=O) groups excluding carboxylic acids is 1. The van der Waals surface area contributed by atoms with E-state index in [1.807, 2.05) is 12.1 Å². The van der Waals surface area contributed by atoms with Gasteiger partial charge in [-0.1, -0.05) is 15.9 Å². The Bertz CT molecular complexity index is 949. The van der Waals surface area contributed by atoms with Crippen molar-refractivity contribution in [3.63, 3.8) is 0 Å². The number of carbonyl (C=O) groups is 1. The summed E-state index contributed by atoms with van der Waals surface area (Å²) < 4.78 is 7.48. The predicted molar refractivity (Wildman–Crippen MR) is 97.5 cm³/mol. The molecule has 0 saturated carbocycles. The van der Waals surface area contributed by atoms with Gasteiger partial charge in [-0.15, -0.1) is 0 Å². The molecule has 0 fully saturated rings. The van der Waals surface area contributed by atoms with Gasteiger partial charge < -0.3 is 14.6 Å². The normalized spacial score (nSPS) is 10.6. The maximum absolute atomic E-state index is 12.5. The molecule has 2 aromatic carbocycles. The molecule has 5 nitrogen and oxygen atoms in total. The molecule has 0 radical (unpaired) electrons. The van der Waals surface area contributed by atoms with Crippen LogP contribution in [0, 0.1) is 0 Å². The number of methoxy groups -OCH3 is 1. The zero-order valence-corrected chi connectivity index (χ0v) is 14.5. The molecule has 0 aliphatic rings. The Labute approximate surface area is 147 Å². The summed E-state index contributed by atoms with van der Waals surface area (Å²) in [6, 6.07) is 14.3. The van der Waals surface area contributed by atoms with E-state index in [-0.39, 0.29) is 18.0 Å². The van der Waals surface area contributed by atoms with Crippen LogP contribution in [0.15, 0.2) is 64.0 Å². The van der Waals surface area contributed by atoms with E-state index in [1.54, 1.807) is 49.7 Å². The van der Waals surface area contributed by atoms with Crippen LogP contribution in [0.25, 0.3) is 10.8 Å². The molecule has 0 atom stereocenters. The molecule has 122 valence electrons. The van der Waals surface area contributed by atoms with E-state index in [9.17, 15) is 9.59 Å². The summed E-state index contributed by atoms with van der Waals surface area (Å²) in [5.41, 5.74) is 0.475. The van der Waals surface area contributed by atoms with E-state index in [2.05, 4.69) is 21.2 Å². The molecule has 6 heteroatoms. The van der Waals surface area contributed by atoms with Crippen molar-refractivity contribution in [3.05, 3.63) is 69.6 Å². The number of fused-ring (bicyclic) bond motifs is 1. The zero-order valence-electron chi connectivity index (χ0n) is 13.0. The Hall–Kier alpha value is -2.60. The SMILES string of the molecule is COc1ccc2c(=O)n(CC(=O)Nc3ccc(Br)cc3)ccc2c1. The van der Waals surface area contributed by atoms with Gasteiger partial charge in [0.25, 0.3) is 5.56 Å². The minimum absolute atomic E-state index is 0.0448. The minimum Gasteiger partial charge on any atom is -0.497 e. The van der Waals surface area contributed by atoms with E-state index >= 15 is 0 Å². The molecule has 1 aromatic heterocycles. The average Bonchev–Trinajstić information content (AvgIpc) is 2.59. The Morgan fingerprint density at radius 2 is 1.92 bits per heavy atom. The van der Waals surface area contributed by atoms with Gasteiger partial charge in [-0.25, -0.2) is 0 Å². The summed E-state index contributed by atoms with van der Waals surface area (Å²) in [7, 11) is 1.58. The number of hydrogen-bond acceptors (Lipinski definition) is 3. The van der Waals surface area contributed by atoms with E-state index in [0.29, 0.717) is 16.8 Å². The van der Waals surface area contributed by atoms with Crippen LogP contribution in [0.2, 0.25) is 0 Å². The lowest BCUT2D eigenvalue weighted by atomic mass is 10.1. The number of halogens is 1. The van der Waals surface area contributed by atoms with Gasteiger partial charge in [0.2, 0.25) is 5.91 Å². The molecule has 0 aliphatic carbocycles. The topological polar surface area (TPSA) is 60.3 Å².